The van der Waals surface area contributed by atoms with Crippen molar-refractivity contribution in [1.82, 2.24) is 0 Å². The van der Waals surface area contributed by atoms with E-state index in [-0.39, 0.29) is 46.2 Å². The SMILES string of the molecule is N=C(CC(O)CCCO)c1cc(OCC=C(Cl)Cl)cc(Cl)c1O. The molecule has 0 saturated heterocycles. The van der Waals surface area contributed by atoms with E-state index in [0.29, 0.717) is 18.6 Å². The average molecular weight is 383 g/mol. The summed E-state index contributed by atoms with van der Waals surface area (Å²) in [4.78, 5) is 0. The van der Waals surface area contributed by atoms with Gasteiger partial charge in [-0.1, -0.05) is 34.8 Å². The number of halogens is 3. The van der Waals surface area contributed by atoms with Gasteiger partial charge in [-0.3, -0.25) is 0 Å². The summed E-state index contributed by atoms with van der Waals surface area (Å²) in [7, 11) is 0. The Bertz CT molecular complexity index is 574. The van der Waals surface area contributed by atoms with Crippen LogP contribution in [0.1, 0.15) is 24.8 Å². The molecular formula is C15H18Cl3NO4. The molecule has 0 aliphatic rings. The van der Waals surface area contributed by atoms with E-state index in [0.717, 1.165) is 0 Å². The standard InChI is InChI=1S/C15H18Cl3NO4/c16-12-8-10(23-5-3-14(17)18)7-11(15(12)22)13(19)6-9(21)2-1-4-20/h3,7-9,19-22H,1-2,4-6H2. The second kappa shape index (κ2) is 10.0. The quantitative estimate of drug-likeness (QED) is 0.491. The first-order chi connectivity index (χ1) is 10.8. The zero-order chi connectivity index (χ0) is 17.4. The summed E-state index contributed by atoms with van der Waals surface area (Å²) in [5.74, 6) is 0.0903. The minimum Gasteiger partial charge on any atom is -0.506 e. The normalized spacial score (nSPS) is 11.9. The lowest BCUT2D eigenvalue weighted by Crippen LogP contribution is -2.14. The Morgan fingerprint density at radius 3 is 2.65 bits per heavy atom. The Morgan fingerprint density at radius 1 is 1.35 bits per heavy atom. The van der Waals surface area contributed by atoms with E-state index in [1.807, 2.05) is 0 Å². The van der Waals surface area contributed by atoms with Crippen LogP contribution in [0, 0.1) is 5.41 Å². The Kier molecular flexibility index (Phi) is 8.73. The molecule has 1 rings (SSSR count). The molecule has 1 aromatic rings. The maximum Gasteiger partial charge on any atom is 0.143 e. The molecule has 0 fully saturated rings. The molecule has 0 aliphatic heterocycles. The van der Waals surface area contributed by atoms with Crippen LogP contribution >= 0.6 is 34.8 Å². The number of aromatic hydroxyl groups is 1. The van der Waals surface area contributed by atoms with Gasteiger partial charge in [-0.2, -0.15) is 0 Å². The summed E-state index contributed by atoms with van der Waals surface area (Å²) >= 11 is 16.9. The first-order valence-electron chi connectivity index (χ1n) is 6.88. The highest BCUT2D eigenvalue weighted by Crippen LogP contribution is 2.33. The number of aliphatic hydroxyl groups excluding tert-OH is 2. The van der Waals surface area contributed by atoms with Crippen LogP contribution in [0.2, 0.25) is 5.02 Å². The lowest BCUT2D eigenvalue weighted by Gasteiger charge is -2.14. The fourth-order valence-electron chi connectivity index (χ4n) is 1.86. The van der Waals surface area contributed by atoms with E-state index in [1.165, 1.54) is 18.2 Å². The van der Waals surface area contributed by atoms with Gasteiger partial charge in [0.1, 0.15) is 22.6 Å². The van der Waals surface area contributed by atoms with Crippen LogP contribution in [0.15, 0.2) is 22.7 Å². The third kappa shape index (κ3) is 6.97. The van der Waals surface area contributed by atoms with Crippen LogP contribution in [0.25, 0.3) is 0 Å². The Hall–Kier alpha value is -0.980. The molecule has 0 heterocycles. The lowest BCUT2D eigenvalue weighted by molar-refractivity contribution is 0.156. The predicted molar refractivity (Wildman–Crippen MR) is 92.2 cm³/mol. The van der Waals surface area contributed by atoms with E-state index in [9.17, 15) is 10.2 Å². The van der Waals surface area contributed by atoms with E-state index >= 15 is 0 Å². The molecule has 0 aromatic heterocycles. The van der Waals surface area contributed by atoms with Gasteiger partial charge in [-0.15, -0.1) is 0 Å². The molecule has 4 N–H and O–H groups in total. The fraction of sp³-hybridized carbons (Fsp3) is 0.400. The highest BCUT2D eigenvalue weighted by molar-refractivity contribution is 6.55. The maximum absolute atomic E-state index is 9.99. The van der Waals surface area contributed by atoms with Gasteiger partial charge >= 0.3 is 0 Å². The first kappa shape index (κ1) is 20.1. The van der Waals surface area contributed by atoms with Crippen LogP contribution < -0.4 is 4.74 Å². The molecule has 8 heteroatoms. The molecule has 0 spiro atoms. The van der Waals surface area contributed by atoms with Gasteiger partial charge in [0.25, 0.3) is 0 Å². The van der Waals surface area contributed by atoms with Crippen molar-refractivity contribution in [3.8, 4) is 11.5 Å². The number of hydrogen-bond donors (Lipinski definition) is 4. The van der Waals surface area contributed by atoms with Crippen molar-refractivity contribution < 1.29 is 20.1 Å². The molecule has 0 amide bonds. The smallest absolute Gasteiger partial charge is 0.143 e. The third-order valence-electron chi connectivity index (χ3n) is 2.98. The van der Waals surface area contributed by atoms with E-state index in [2.05, 4.69) is 0 Å². The van der Waals surface area contributed by atoms with Crippen molar-refractivity contribution >= 4 is 40.5 Å². The van der Waals surface area contributed by atoms with Crippen molar-refractivity contribution in [3.05, 3.63) is 33.3 Å². The maximum atomic E-state index is 9.99. The monoisotopic (exact) mass is 381 g/mol. The van der Waals surface area contributed by atoms with Crippen LogP contribution in [0.5, 0.6) is 11.5 Å². The van der Waals surface area contributed by atoms with Gasteiger partial charge in [0.05, 0.1) is 11.1 Å². The van der Waals surface area contributed by atoms with Gasteiger partial charge in [-0.25, -0.2) is 0 Å². The molecule has 23 heavy (non-hydrogen) atoms. The molecule has 5 nitrogen and oxygen atoms in total. The second-order valence-corrected chi connectivity index (χ2v) is 6.22. The summed E-state index contributed by atoms with van der Waals surface area (Å²) in [6.07, 6.45) is 1.49. The van der Waals surface area contributed by atoms with Crippen molar-refractivity contribution in [2.75, 3.05) is 13.2 Å². The van der Waals surface area contributed by atoms with Gasteiger partial charge in [0, 0.05) is 30.4 Å². The van der Waals surface area contributed by atoms with Gasteiger partial charge in [0.15, 0.2) is 0 Å². The first-order valence-corrected chi connectivity index (χ1v) is 8.01. The van der Waals surface area contributed by atoms with Crippen molar-refractivity contribution in [3.63, 3.8) is 0 Å². The number of hydrogen-bond acceptors (Lipinski definition) is 5. The number of phenolic OH excluding ortho intramolecular Hbond substituents is 1. The Morgan fingerprint density at radius 2 is 2.04 bits per heavy atom. The van der Waals surface area contributed by atoms with Crippen LogP contribution in [0.4, 0.5) is 0 Å². The lowest BCUT2D eigenvalue weighted by atomic mass is 10.0. The van der Waals surface area contributed by atoms with E-state index in [1.54, 1.807) is 0 Å². The summed E-state index contributed by atoms with van der Waals surface area (Å²) < 4.78 is 5.44. The number of nitrogens with one attached hydrogen (secondary N) is 1. The Labute approximate surface area is 149 Å². The van der Waals surface area contributed by atoms with E-state index < -0.39 is 6.10 Å². The number of rotatable bonds is 9. The molecular weight excluding hydrogens is 365 g/mol. The summed E-state index contributed by atoms with van der Waals surface area (Å²) in [6, 6.07) is 2.87. The van der Waals surface area contributed by atoms with Crippen LogP contribution in [0.3, 0.4) is 0 Å². The Balaban J connectivity index is 2.85. The summed E-state index contributed by atoms with van der Waals surface area (Å²) in [5, 5.41) is 36.6. The summed E-state index contributed by atoms with van der Waals surface area (Å²) in [5.41, 5.74) is 0.197. The average Bonchev–Trinajstić information content (AvgIpc) is 2.48. The van der Waals surface area contributed by atoms with Gasteiger partial charge in [0.2, 0.25) is 0 Å². The fourth-order valence-corrected chi connectivity index (χ4v) is 2.20. The van der Waals surface area contributed by atoms with Gasteiger partial charge < -0.3 is 25.5 Å². The van der Waals surface area contributed by atoms with Crippen LogP contribution in [-0.4, -0.2) is 40.3 Å². The molecule has 0 aliphatic carbocycles. The largest absolute Gasteiger partial charge is 0.506 e. The highest BCUT2D eigenvalue weighted by atomic mass is 35.5. The number of aliphatic hydroxyl groups is 2. The molecule has 0 saturated carbocycles. The van der Waals surface area contributed by atoms with Gasteiger partial charge in [-0.05, 0) is 25.0 Å². The number of ether oxygens (including phenoxy) is 1. The molecule has 0 radical (unpaired) electrons. The molecule has 0 bridgehead atoms. The zero-order valence-electron chi connectivity index (χ0n) is 12.2. The van der Waals surface area contributed by atoms with Crippen molar-refractivity contribution in [2.24, 2.45) is 0 Å². The molecule has 1 atom stereocenters. The minimum atomic E-state index is -0.782. The second-order valence-electron chi connectivity index (χ2n) is 4.81. The molecule has 1 aromatic carbocycles. The van der Waals surface area contributed by atoms with Crippen molar-refractivity contribution in [1.29, 1.82) is 5.41 Å². The number of phenols is 1. The zero-order valence-corrected chi connectivity index (χ0v) is 14.5. The van der Waals surface area contributed by atoms with E-state index in [4.69, 9.17) is 50.1 Å². The minimum absolute atomic E-state index is 0.0196. The molecule has 128 valence electrons. The highest BCUT2D eigenvalue weighted by Gasteiger charge is 2.16. The summed E-state index contributed by atoms with van der Waals surface area (Å²) in [6.45, 7) is 0.0801. The predicted octanol–water partition coefficient (Wildman–Crippen LogP) is 3.63. The topological polar surface area (TPSA) is 93.8 Å². The molecule has 1 unspecified atom stereocenters. The van der Waals surface area contributed by atoms with Crippen LogP contribution in [-0.2, 0) is 0 Å². The van der Waals surface area contributed by atoms with Crippen molar-refractivity contribution in [2.45, 2.75) is 25.4 Å². The number of benzene rings is 1. The third-order valence-corrected chi connectivity index (χ3v) is 3.58.